The number of rotatable bonds is 3. The predicted molar refractivity (Wildman–Crippen MR) is 81.1 cm³/mol. The van der Waals surface area contributed by atoms with Crippen LogP contribution in [0.2, 0.25) is 0 Å². The summed E-state index contributed by atoms with van der Waals surface area (Å²) < 4.78 is 13.8. The van der Waals surface area contributed by atoms with Crippen molar-refractivity contribution in [1.29, 1.82) is 0 Å². The molecule has 1 saturated heterocycles. The number of carbonyl (C=O) groups excluding carboxylic acids is 1. The third-order valence-corrected chi connectivity index (χ3v) is 3.74. The lowest BCUT2D eigenvalue weighted by molar-refractivity contribution is 0.0933. The maximum absolute atomic E-state index is 13.8. The van der Waals surface area contributed by atoms with Crippen molar-refractivity contribution in [3.8, 4) is 0 Å². The third kappa shape index (κ3) is 3.21. The van der Waals surface area contributed by atoms with E-state index in [1.807, 2.05) is 4.90 Å². The van der Waals surface area contributed by atoms with E-state index >= 15 is 0 Å². The molecule has 0 aliphatic carbocycles. The molecule has 1 atom stereocenters. The Balaban J connectivity index is 1.66. The molecule has 0 saturated carbocycles. The summed E-state index contributed by atoms with van der Waals surface area (Å²) in [6, 6.07) is 6.31. The first-order valence-electron chi connectivity index (χ1n) is 7.30. The fourth-order valence-electron chi connectivity index (χ4n) is 2.67. The summed E-state index contributed by atoms with van der Waals surface area (Å²) in [6.07, 6.45) is 6.52. The van der Waals surface area contributed by atoms with Gasteiger partial charge < -0.3 is 10.2 Å². The highest BCUT2D eigenvalue weighted by Crippen LogP contribution is 2.20. The third-order valence-electron chi connectivity index (χ3n) is 3.74. The SMILES string of the molecule is O=C(NC1CCCN(c2ncccc2F)C1)c1ccncc1. The van der Waals surface area contributed by atoms with Gasteiger partial charge in [-0.2, -0.15) is 0 Å². The highest BCUT2D eigenvalue weighted by atomic mass is 19.1. The Hall–Kier alpha value is -2.50. The molecule has 3 rings (SSSR count). The Bertz CT molecular complexity index is 650. The molecule has 6 heteroatoms. The summed E-state index contributed by atoms with van der Waals surface area (Å²) in [7, 11) is 0. The van der Waals surface area contributed by atoms with E-state index in [1.54, 1.807) is 36.8 Å². The van der Waals surface area contributed by atoms with Gasteiger partial charge in [-0.15, -0.1) is 0 Å². The van der Waals surface area contributed by atoms with Crippen molar-refractivity contribution in [2.45, 2.75) is 18.9 Å². The molecule has 1 N–H and O–H groups in total. The van der Waals surface area contributed by atoms with Gasteiger partial charge in [-0.05, 0) is 37.1 Å². The molecule has 1 fully saturated rings. The molecule has 2 aromatic rings. The van der Waals surface area contributed by atoms with Gasteiger partial charge in [0.25, 0.3) is 5.91 Å². The minimum atomic E-state index is -0.330. The van der Waals surface area contributed by atoms with Gasteiger partial charge in [-0.1, -0.05) is 0 Å². The molecule has 114 valence electrons. The minimum absolute atomic E-state index is 0.0178. The van der Waals surface area contributed by atoms with E-state index in [-0.39, 0.29) is 17.8 Å². The van der Waals surface area contributed by atoms with Crippen molar-refractivity contribution < 1.29 is 9.18 Å². The Labute approximate surface area is 128 Å². The van der Waals surface area contributed by atoms with E-state index in [0.29, 0.717) is 17.9 Å². The monoisotopic (exact) mass is 300 g/mol. The van der Waals surface area contributed by atoms with E-state index < -0.39 is 0 Å². The maximum atomic E-state index is 13.8. The van der Waals surface area contributed by atoms with Crippen molar-refractivity contribution in [3.63, 3.8) is 0 Å². The van der Waals surface area contributed by atoms with Crippen LogP contribution in [0, 0.1) is 5.82 Å². The number of hydrogen-bond donors (Lipinski definition) is 1. The second-order valence-corrected chi connectivity index (χ2v) is 5.30. The van der Waals surface area contributed by atoms with Crippen LogP contribution in [0.1, 0.15) is 23.2 Å². The highest BCUT2D eigenvalue weighted by Gasteiger charge is 2.24. The van der Waals surface area contributed by atoms with E-state index in [9.17, 15) is 9.18 Å². The minimum Gasteiger partial charge on any atom is -0.352 e. The van der Waals surface area contributed by atoms with Crippen molar-refractivity contribution in [3.05, 3.63) is 54.2 Å². The van der Waals surface area contributed by atoms with Crippen LogP contribution >= 0.6 is 0 Å². The van der Waals surface area contributed by atoms with Gasteiger partial charge in [-0.25, -0.2) is 9.37 Å². The van der Waals surface area contributed by atoms with Gasteiger partial charge in [0.2, 0.25) is 0 Å². The topological polar surface area (TPSA) is 58.1 Å². The summed E-state index contributed by atoms with van der Waals surface area (Å²) in [5.74, 6) is -0.107. The van der Waals surface area contributed by atoms with Crippen LogP contribution in [-0.2, 0) is 0 Å². The van der Waals surface area contributed by atoms with Crippen LogP contribution in [0.3, 0.4) is 0 Å². The number of nitrogens with one attached hydrogen (secondary N) is 1. The lowest BCUT2D eigenvalue weighted by Gasteiger charge is -2.34. The van der Waals surface area contributed by atoms with Gasteiger partial charge >= 0.3 is 0 Å². The first kappa shape index (κ1) is 14.4. The van der Waals surface area contributed by atoms with Gasteiger partial charge in [0, 0.05) is 43.3 Å². The van der Waals surface area contributed by atoms with Crippen LogP contribution < -0.4 is 10.2 Å². The number of aromatic nitrogens is 2. The average molecular weight is 300 g/mol. The Morgan fingerprint density at radius 3 is 2.86 bits per heavy atom. The van der Waals surface area contributed by atoms with Crippen LogP contribution in [0.5, 0.6) is 0 Å². The molecule has 3 heterocycles. The molecule has 0 spiro atoms. The van der Waals surface area contributed by atoms with Crippen LogP contribution in [0.25, 0.3) is 0 Å². The molecule has 0 radical (unpaired) electrons. The molecule has 1 unspecified atom stereocenters. The molecule has 22 heavy (non-hydrogen) atoms. The normalized spacial score (nSPS) is 18.0. The van der Waals surface area contributed by atoms with Gasteiger partial charge in [0.1, 0.15) is 0 Å². The van der Waals surface area contributed by atoms with Crippen LogP contribution in [0.15, 0.2) is 42.9 Å². The van der Waals surface area contributed by atoms with Crippen molar-refractivity contribution in [2.24, 2.45) is 0 Å². The Morgan fingerprint density at radius 2 is 2.09 bits per heavy atom. The fraction of sp³-hybridized carbons (Fsp3) is 0.312. The lowest BCUT2D eigenvalue weighted by atomic mass is 10.0. The zero-order valence-electron chi connectivity index (χ0n) is 12.1. The Morgan fingerprint density at radius 1 is 1.27 bits per heavy atom. The predicted octanol–water partition coefficient (Wildman–Crippen LogP) is 2.01. The lowest BCUT2D eigenvalue weighted by Crippen LogP contribution is -2.48. The maximum Gasteiger partial charge on any atom is 0.251 e. The summed E-state index contributed by atoms with van der Waals surface area (Å²) in [5.41, 5.74) is 0.580. The van der Waals surface area contributed by atoms with Gasteiger partial charge in [0.15, 0.2) is 11.6 Å². The quantitative estimate of drug-likeness (QED) is 0.942. The summed E-state index contributed by atoms with van der Waals surface area (Å²) in [4.78, 5) is 22.1. The average Bonchev–Trinajstić information content (AvgIpc) is 2.56. The van der Waals surface area contributed by atoms with E-state index in [4.69, 9.17) is 0 Å². The van der Waals surface area contributed by atoms with Crippen molar-refractivity contribution in [2.75, 3.05) is 18.0 Å². The smallest absolute Gasteiger partial charge is 0.251 e. The highest BCUT2D eigenvalue weighted by molar-refractivity contribution is 5.94. The van der Waals surface area contributed by atoms with E-state index in [1.165, 1.54) is 6.07 Å². The number of amides is 1. The summed E-state index contributed by atoms with van der Waals surface area (Å²) in [5, 5.41) is 3.00. The molecule has 1 amide bonds. The fourth-order valence-corrected chi connectivity index (χ4v) is 2.67. The second kappa shape index (κ2) is 6.51. The molecule has 0 bridgehead atoms. The number of pyridine rings is 2. The number of piperidine rings is 1. The molecule has 1 aliphatic heterocycles. The van der Waals surface area contributed by atoms with Gasteiger partial charge in [0.05, 0.1) is 0 Å². The summed E-state index contributed by atoms with van der Waals surface area (Å²) >= 11 is 0. The Kier molecular flexibility index (Phi) is 4.27. The molecule has 2 aromatic heterocycles. The van der Waals surface area contributed by atoms with Crippen molar-refractivity contribution in [1.82, 2.24) is 15.3 Å². The molecule has 0 aromatic carbocycles. The number of anilines is 1. The van der Waals surface area contributed by atoms with E-state index in [2.05, 4.69) is 15.3 Å². The van der Waals surface area contributed by atoms with Gasteiger partial charge in [-0.3, -0.25) is 9.78 Å². The number of halogens is 1. The first-order chi connectivity index (χ1) is 10.7. The standard InChI is InChI=1S/C16H17FN4O/c17-14-4-1-7-19-15(14)21-10-2-3-13(11-21)20-16(22)12-5-8-18-9-6-12/h1,4-9,13H,2-3,10-11H2,(H,20,22). The number of nitrogens with zero attached hydrogens (tertiary/aromatic N) is 3. The van der Waals surface area contributed by atoms with Crippen molar-refractivity contribution >= 4 is 11.7 Å². The summed E-state index contributed by atoms with van der Waals surface area (Å²) in [6.45, 7) is 1.31. The number of hydrogen-bond acceptors (Lipinski definition) is 4. The second-order valence-electron chi connectivity index (χ2n) is 5.30. The number of carbonyl (C=O) groups is 1. The first-order valence-corrected chi connectivity index (χ1v) is 7.30. The van der Waals surface area contributed by atoms with Crippen LogP contribution in [0.4, 0.5) is 10.2 Å². The molecule has 5 nitrogen and oxygen atoms in total. The van der Waals surface area contributed by atoms with Crippen LogP contribution in [-0.4, -0.2) is 35.0 Å². The molecular formula is C16H17FN4O. The zero-order chi connectivity index (χ0) is 15.4. The molecule has 1 aliphatic rings. The molecular weight excluding hydrogens is 283 g/mol. The zero-order valence-corrected chi connectivity index (χ0v) is 12.1. The van der Waals surface area contributed by atoms with E-state index in [0.717, 1.165) is 19.4 Å². The largest absolute Gasteiger partial charge is 0.352 e.